The molecule has 5 nitrogen and oxygen atoms in total. The minimum absolute atomic E-state index is 0.144. The van der Waals surface area contributed by atoms with Gasteiger partial charge in [-0.25, -0.2) is 9.80 Å². The summed E-state index contributed by atoms with van der Waals surface area (Å²) in [5.74, 6) is -0.0849. The second-order valence-corrected chi connectivity index (χ2v) is 6.57. The van der Waals surface area contributed by atoms with Crippen molar-refractivity contribution in [2.45, 2.75) is 39.9 Å². The molecule has 1 aromatic carbocycles. The van der Waals surface area contributed by atoms with E-state index in [1.807, 2.05) is 6.07 Å². The molecule has 1 fully saturated rings. The van der Waals surface area contributed by atoms with Crippen molar-refractivity contribution in [2.24, 2.45) is 11.8 Å². The molecule has 0 radical (unpaired) electrons. The fourth-order valence-electron chi connectivity index (χ4n) is 2.58. The lowest BCUT2D eigenvalue weighted by Gasteiger charge is -2.41. The molecule has 0 spiro atoms. The van der Waals surface area contributed by atoms with Crippen LogP contribution in [0.15, 0.2) is 24.3 Å². The third kappa shape index (κ3) is 3.99. The molecule has 2 unspecified atom stereocenters. The Hall–Kier alpha value is -1.59. The van der Waals surface area contributed by atoms with Crippen molar-refractivity contribution in [3.63, 3.8) is 0 Å². The maximum absolute atomic E-state index is 11.3. The Kier molecular flexibility index (Phi) is 5.42. The molecule has 0 aromatic heterocycles. The molecule has 122 valence electrons. The molecule has 2 N–H and O–H groups in total. The second kappa shape index (κ2) is 7.11. The van der Waals surface area contributed by atoms with Gasteiger partial charge < -0.3 is 15.3 Å². The number of carboxylic acids is 1. The standard InChI is InChI=1S/C17H26N2O3/c1-11(2)15-9-19(10-16(22-15)12(3)4)18-14-8-6-5-7-13(14)17(20)21/h5-8,11-12,15-16,18H,9-10H2,1-4H3,(H,20,21). The fraction of sp³-hybridized carbons (Fsp3) is 0.588. The summed E-state index contributed by atoms with van der Waals surface area (Å²) in [6.45, 7) is 10.1. The Balaban J connectivity index is 2.15. The first-order valence-corrected chi connectivity index (χ1v) is 7.88. The Labute approximate surface area is 132 Å². The van der Waals surface area contributed by atoms with Gasteiger partial charge in [-0.1, -0.05) is 39.8 Å². The van der Waals surface area contributed by atoms with Crippen molar-refractivity contribution in [1.82, 2.24) is 5.01 Å². The minimum Gasteiger partial charge on any atom is -0.478 e. The van der Waals surface area contributed by atoms with Crippen LogP contribution in [0.4, 0.5) is 5.69 Å². The maximum Gasteiger partial charge on any atom is 0.337 e. The van der Waals surface area contributed by atoms with E-state index in [1.54, 1.807) is 18.2 Å². The second-order valence-electron chi connectivity index (χ2n) is 6.57. The first-order chi connectivity index (χ1) is 10.4. The van der Waals surface area contributed by atoms with E-state index in [-0.39, 0.29) is 17.8 Å². The number of benzene rings is 1. The van der Waals surface area contributed by atoms with Crippen LogP contribution in [0.5, 0.6) is 0 Å². The number of ether oxygens (including phenoxy) is 1. The average molecular weight is 306 g/mol. The fourth-order valence-corrected chi connectivity index (χ4v) is 2.58. The summed E-state index contributed by atoms with van der Waals surface area (Å²) >= 11 is 0. The first kappa shape index (κ1) is 16.8. The Morgan fingerprint density at radius 2 is 1.73 bits per heavy atom. The van der Waals surface area contributed by atoms with Crippen LogP contribution in [0.3, 0.4) is 0 Å². The van der Waals surface area contributed by atoms with Gasteiger partial charge >= 0.3 is 5.97 Å². The van der Waals surface area contributed by atoms with Crippen molar-refractivity contribution in [1.29, 1.82) is 0 Å². The summed E-state index contributed by atoms with van der Waals surface area (Å²) < 4.78 is 6.16. The van der Waals surface area contributed by atoms with E-state index in [4.69, 9.17) is 4.74 Å². The number of nitrogens with zero attached hydrogens (tertiary/aromatic N) is 1. The molecule has 22 heavy (non-hydrogen) atoms. The summed E-state index contributed by atoms with van der Waals surface area (Å²) in [6, 6.07) is 7.00. The number of hydrazine groups is 1. The molecule has 1 aliphatic rings. The van der Waals surface area contributed by atoms with E-state index >= 15 is 0 Å². The lowest BCUT2D eigenvalue weighted by atomic mass is 10.0. The van der Waals surface area contributed by atoms with Crippen LogP contribution in [0.1, 0.15) is 38.1 Å². The van der Waals surface area contributed by atoms with Gasteiger partial charge in [0.05, 0.1) is 23.5 Å². The predicted octanol–water partition coefficient (Wildman–Crippen LogP) is 3.09. The van der Waals surface area contributed by atoms with E-state index in [9.17, 15) is 9.90 Å². The van der Waals surface area contributed by atoms with Crippen LogP contribution in [-0.2, 0) is 4.74 Å². The molecular formula is C17H26N2O3. The molecule has 1 aromatic rings. The quantitative estimate of drug-likeness (QED) is 0.875. The number of nitrogens with one attached hydrogen (secondary N) is 1. The number of carboxylic acid groups (broad SMARTS) is 1. The van der Waals surface area contributed by atoms with Crippen LogP contribution in [-0.4, -0.2) is 41.4 Å². The number of aromatic carboxylic acids is 1. The molecule has 2 atom stereocenters. The third-order valence-electron chi connectivity index (χ3n) is 4.07. The topological polar surface area (TPSA) is 61.8 Å². The molecule has 0 saturated carbocycles. The van der Waals surface area contributed by atoms with E-state index in [2.05, 4.69) is 38.1 Å². The molecule has 0 bridgehead atoms. The van der Waals surface area contributed by atoms with Crippen LogP contribution < -0.4 is 5.43 Å². The number of carbonyl (C=O) groups is 1. The van der Waals surface area contributed by atoms with Crippen molar-refractivity contribution >= 4 is 11.7 Å². The zero-order valence-electron chi connectivity index (χ0n) is 13.7. The zero-order chi connectivity index (χ0) is 16.3. The van der Waals surface area contributed by atoms with Crippen molar-refractivity contribution in [3.05, 3.63) is 29.8 Å². The first-order valence-electron chi connectivity index (χ1n) is 7.88. The molecular weight excluding hydrogens is 280 g/mol. The van der Waals surface area contributed by atoms with Gasteiger partial charge in [-0.2, -0.15) is 0 Å². The molecule has 1 heterocycles. The van der Waals surface area contributed by atoms with E-state index in [0.717, 1.165) is 13.1 Å². The SMILES string of the molecule is CC(C)C1CN(Nc2ccccc2C(=O)O)CC(C(C)C)O1. The van der Waals surface area contributed by atoms with Gasteiger partial charge in [0.25, 0.3) is 0 Å². The van der Waals surface area contributed by atoms with E-state index < -0.39 is 5.97 Å². The highest BCUT2D eigenvalue weighted by atomic mass is 16.5. The predicted molar refractivity (Wildman–Crippen MR) is 86.9 cm³/mol. The lowest BCUT2D eigenvalue weighted by molar-refractivity contribution is -0.113. The summed E-state index contributed by atoms with van der Waals surface area (Å²) in [4.78, 5) is 11.3. The van der Waals surface area contributed by atoms with Crippen LogP contribution in [0.2, 0.25) is 0 Å². The van der Waals surface area contributed by atoms with Crippen LogP contribution in [0, 0.1) is 11.8 Å². The number of anilines is 1. The summed E-state index contributed by atoms with van der Waals surface area (Å²) in [5, 5.41) is 11.4. The number of rotatable bonds is 5. The summed E-state index contributed by atoms with van der Waals surface area (Å²) in [7, 11) is 0. The third-order valence-corrected chi connectivity index (χ3v) is 4.07. The van der Waals surface area contributed by atoms with Gasteiger partial charge in [-0.05, 0) is 24.0 Å². The smallest absolute Gasteiger partial charge is 0.337 e. The van der Waals surface area contributed by atoms with Gasteiger partial charge in [0.1, 0.15) is 0 Å². The summed E-state index contributed by atoms with van der Waals surface area (Å²) in [6.07, 6.45) is 0.288. The van der Waals surface area contributed by atoms with E-state index in [0.29, 0.717) is 17.5 Å². The number of hydrogen-bond donors (Lipinski definition) is 2. The average Bonchev–Trinajstić information content (AvgIpc) is 2.47. The van der Waals surface area contributed by atoms with Crippen molar-refractivity contribution in [2.75, 3.05) is 18.5 Å². The number of hydrogen-bond acceptors (Lipinski definition) is 4. The molecule has 0 amide bonds. The number of para-hydroxylation sites is 1. The van der Waals surface area contributed by atoms with Crippen molar-refractivity contribution in [3.8, 4) is 0 Å². The molecule has 0 aliphatic carbocycles. The van der Waals surface area contributed by atoms with Gasteiger partial charge in [-0.3, -0.25) is 0 Å². The van der Waals surface area contributed by atoms with Gasteiger partial charge in [0, 0.05) is 13.1 Å². The Bertz CT molecular complexity index is 500. The lowest BCUT2D eigenvalue weighted by Crippen LogP contribution is -2.53. The minimum atomic E-state index is -0.919. The Morgan fingerprint density at radius 1 is 1.18 bits per heavy atom. The highest BCUT2D eigenvalue weighted by molar-refractivity contribution is 5.94. The van der Waals surface area contributed by atoms with E-state index in [1.165, 1.54) is 0 Å². The van der Waals surface area contributed by atoms with Crippen LogP contribution >= 0.6 is 0 Å². The van der Waals surface area contributed by atoms with Gasteiger partial charge in [0.2, 0.25) is 0 Å². The normalized spacial score (nSPS) is 23.0. The number of morpholine rings is 1. The molecule has 1 saturated heterocycles. The largest absolute Gasteiger partial charge is 0.478 e. The summed E-state index contributed by atoms with van der Waals surface area (Å²) in [5.41, 5.74) is 4.19. The maximum atomic E-state index is 11.3. The van der Waals surface area contributed by atoms with Crippen LogP contribution in [0.25, 0.3) is 0 Å². The monoisotopic (exact) mass is 306 g/mol. The van der Waals surface area contributed by atoms with Gasteiger partial charge in [-0.15, -0.1) is 0 Å². The van der Waals surface area contributed by atoms with Gasteiger partial charge in [0.15, 0.2) is 0 Å². The Morgan fingerprint density at radius 3 is 2.23 bits per heavy atom. The molecule has 5 heteroatoms. The molecule has 2 rings (SSSR count). The highest BCUT2D eigenvalue weighted by Gasteiger charge is 2.31. The zero-order valence-corrected chi connectivity index (χ0v) is 13.7. The van der Waals surface area contributed by atoms with Crippen molar-refractivity contribution < 1.29 is 14.6 Å². The molecule has 1 aliphatic heterocycles. The highest BCUT2D eigenvalue weighted by Crippen LogP contribution is 2.24.